The van der Waals surface area contributed by atoms with E-state index in [1.807, 2.05) is 19.9 Å². The van der Waals surface area contributed by atoms with Crippen molar-refractivity contribution in [2.24, 2.45) is 0 Å². The zero-order chi connectivity index (χ0) is 13.5. The molecule has 0 radical (unpaired) electrons. The maximum Gasteiger partial charge on any atom is 0.115 e. The van der Waals surface area contributed by atoms with Gasteiger partial charge in [-0.25, -0.2) is 4.98 Å². The van der Waals surface area contributed by atoms with Gasteiger partial charge >= 0.3 is 0 Å². The van der Waals surface area contributed by atoms with E-state index in [0.29, 0.717) is 15.7 Å². The zero-order valence-corrected chi connectivity index (χ0v) is 12.7. The highest BCUT2D eigenvalue weighted by molar-refractivity contribution is 8.10. The zero-order valence-electron chi connectivity index (χ0n) is 11.0. The molecule has 0 aliphatic rings. The summed E-state index contributed by atoms with van der Waals surface area (Å²) in [5.41, 5.74) is 2.44. The van der Waals surface area contributed by atoms with Gasteiger partial charge in [-0.3, -0.25) is 4.21 Å². The topological polar surface area (TPSA) is 53.8 Å². The van der Waals surface area contributed by atoms with Crippen LogP contribution in [0.1, 0.15) is 36.6 Å². The van der Waals surface area contributed by atoms with Gasteiger partial charge in [-0.05, 0) is 31.9 Å². The normalized spacial score (nSPS) is 12.1. The fraction of sp³-hybridized carbons (Fsp3) is 0.538. The highest BCUT2D eigenvalue weighted by Crippen LogP contribution is 2.24. The van der Waals surface area contributed by atoms with Crippen molar-refractivity contribution in [2.75, 3.05) is 10.8 Å². The van der Waals surface area contributed by atoms with Gasteiger partial charge in [-0.15, -0.1) is 0 Å². The average molecular weight is 282 g/mol. The first-order valence-corrected chi connectivity index (χ1v) is 8.42. The molecule has 18 heavy (non-hydrogen) atoms. The smallest absolute Gasteiger partial charge is 0.115 e. The maximum atomic E-state index is 11.7. The summed E-state index contributed by atoms with van der Waals surface area (Å²) in [5, 5.41) is 10.3. The van der Waals surface area contributed by atoms with Gasteiger partial charge in [0.1, 0.15) is 11.1 Å². The summed E-state index contributed by atoms with van der Waals surface area (Å²) in [7, 11) is -0.830. The summed E-state index contributed by atoms with van der Waals surface area (Å²) in [5.74, 6) is 0.732. The number of nitriles is 1. The van der Waals surface area contributed by atoms with Crippen molar-refractivity contribution in [1.29, 1.82) is 5.26 Å². The van der Waals surface area contributed by atoms with E-state index in [1.165, 1.54) is 11.8 Å². The van der Waals surface area contributed by atoms with Crippen LogP contribution in [0.15, 0.2) is 11.1 Å². The summed E-state index contributed by atoms with van der Waals surface area (Å²) in [4.78, 5) is 4.36. The van der Waals surface area contributed by atoms with Crippen LogP contribution in [-0.4, -0.2) is 20.0 Å². The Hall–Kier alpha value is -0.860. The Kier molecular flexibility index (Phi) is 6.37. The lowest BCUT2D eigenvalue weighted by molar-refractivity contribution is 0.682. The largest absolute Gasteiger partial charge is 0.259 e. The van der Waals surface area contributed by atoms with E-state index in [0.717, 1.165) is 29.9 Å². The van der Waals surface area contributed by atoms with E-state index in [-0.39, 0.29) is 0 Å². The molecule has 1 aromatic rings. The van der Waals surface area contributed by atoms with Crippen molar-refractivity contribution in [3.05, 3.63) is 22.9 Å². The summed E-state index contributed by atoms with van der Waals surface area (Å²) >= 11 is 1.42. The van der Waals surface area contributed by atoms with Crippen LogP contribution in [0.2, 0.25) is 0 Å². The molecule has 1 aromatic heterocycles. The third kappa shape index (κ3) is 4.43. The lowest BCUT2D eigenvalue weighted by atomic mass is 10.1. The van der Waals surface area contributed by atoms with Crippen molar-refractivity contribution >= 4 is 22.6 Å². The summed E-state index contributed by atoms with van der Waals surface area (Å²) in [6.07, 6.45) is 2.04. The Morgan fingerprint density at radius 2 is 2.22 bits per heavy atom. The Bertz CT molecular complexity index is 481. The van der Waals surface area contributed by atoms with Gasteiger partial charge in [0.2, 0.25) is 0 Å². The summed E-state index contributed by atoms with van der Waals surface area (Å²) < 4.78 is 11.7. The quantitative estimate of drug-likeness (QED) is 0.752. The molecule has 0 amide bonds. The molecule has 0 N–H and O–H groups in total. The highest BCUT2D eigenvalue weighted by atomic mass is 32.2. The van der Waals surface area contributed by atoms with Crippen LogP contribution in [0.3, 0.4) is 0 Å². The van der Waals surface area contributed by atoms with Gasteiger partial charge in [0.25, 0.3) is 0 Å². The molecule has 3 nitrogen and oxygen atoms in total. The standard InChI is InChI=1S/C13H18N2OS2/c1-4-5-6-18(16)9-17-13-12(8-14)10(2)7-11(3)15-13/h7H,4-6,9H2,1-3H3. The molecule has 1 rings (SSSR count). The van der Waals surface area contributed by atoms with E-state index in [4.69, 9.17) is 5.26 Å². The molecule has 0 saturated carbocycles. The van der Waals surface area contributed by atoms with Crippen LogP contribution in [0.4, 0.5) is 0 Å². The third-order valence-electron chi connectivity index (χ3n) is 2.48. The molecular formula is C13H18N2OS2. The van der Waals surface area contributed by atoms with Gasteiger partial charge in [0.15, 0.2) is 0 Å². The van der Waals surface area contributed by atoms with E-state index < -0.39 is 10.8 Å². The summed E-state index contributed by atoms with van der Waals surface area (Å²) in [6.45, 7) is 5.90. The molecule has 0 aliphatic carbocycles. The number of aryl methyl sites for hydroxylation is 2. The number of aromatic nitrogens is 1. The minimum absolute atomic E-state index is 0.518. The second-order valence-electron chi connectivity index (χ2n) is 4.13. The second kappa shape index (κ2) is 7.55. The van der Waals surface area contributed by atoms with Crippen LogP contribution in [0.25, 0.3) is 0 Å². The van der Waals surface area contributed by atoms with Crippen LogP contribution in [-0.2, 0) is 10.8 Å². The van der Waals surface area contributed by atoms with E-state index >= 15 is 0 Å². The van der Waals surface area contributed by atoms with E-state index in [9.17, 15) is 4.21 Å². The number of unbranched alkanes of at least 4 members (excludes halogenated alkanes) is 1. The van der Waals surface area contributed by atoms with Crippen molar-refractivity contribution in [3.63, 3.8) is 0 Å². The van der Waals surface area contributed by atoms with Crippen molar-refractivity contribution < 1.29 is 4.21 Å². The maximum absolute atomic E-state index is 11.7. The fourth-order valence-electron chi connectivity index (χ4n) is 1.53. The Morgan fingerprint density at radius 1 is 1.50 bits per heavy atom. The molecule has 0 aromatic carbocycles. The lowest BCUT2D eigenvalue weighted by Gasteiger charge is -2.07. The van der Waals surface area contributed by atoms with Crippen molar-refractivity contribution in [3.8, 4) is 6.07 Å². The molecule has 1 heterocycles. The van der Waals surface area contributed by atoms with E-state index in [1.54, 1.807) is 0 Å². The highest BCUT2D eigenvalue weighted by Gasteiger charge is 2.10. The van der Waals surface area contributed by atoms with Crippen molar-refractivity contribution in [1.82, 2.24) is 4.98 Å². The SMILES string of the molecule is CCCCS(=O)CSc1nc(C)cc(C)c1C#N. The molecule has 0 fully saturated rings. The first-order valence-electron chi connectivity index (χ1n) is 5.94. The summed E-state index contributed by atoms with van der Waals surface area (Å²) in [6, 6.07) is 4.08. The fourth-order valence-corrected chi connectivity index (χ4v) is 4.14. The van der Waals surface area contributed by atoms with E-state index in [2.05, 4.69) is 18.0 Å². The van der Waals surface area contributed by atoms with Crippen molar-refractivity contribution in [2.45, 2.75) is 38.6 Å². The van der Waals surface area contributed by atoms with Crippen LogP contribution < -0.4 is 0 Å². The number of thioether (sulfide) groups is 1. The first-order chi connectivity index (χ1) is 8.58. The molecule has 0 spiro atoms. The minimum atomic E-state index is -0.830. The third-order valence-corrected chi connectivity index (χ3v) is 5.31. The van der Waals surface area contributed by atoms with Gasteiger partial charge in [0, 0.05) is 22.2 Å². The Balaban J connectivity index is 2.73. The molecule has 0 aliphatic heterocycles. The van der Waals surface area contributed by atoms with Gasteiger partial charge in [-0.1, -0.05) is 25.1 Å². The Labute approximate surface area is 115 Å². The number of hydrogen-bond donors (Lipinski definition) is 0. The van der Waals surface area contributed by atoms with Crippen LogP contribution >= 0.6 is 11.8 Å². The second-order valence-corrected chi connectivity index (χ2v) is 7.04. The Morgan fingerprint density at radius 3 is 2.83 bits per heavy atom. The van der Waals surface area contributed by atoms with Gasteiger partial charge < -0.3 is 0 Å². The van der Waals surface area contributed by atoms with Crippen LogP contribution in [0.5, 0.6) is 0 Å². The number of pyridine rings is 1. The number of nitrogens with zero attached hydrogens (tertiary/aromatic N) is 2. The minimum Gasteiger partial charge on any atom is -0.259 e. The molecule has 1 atom stereocenters. The molecule has 98 valence electrons. The molecule has 0 saturated heterocycles. The monoisotopic (exact) mass is 282 g/mol. The van der Waals surface area contributed by atoms with Gasteiger partial charge in [0.05, 0.1) is 10.6 Å². The van der Waals surface area contributed by atoms with Gasteiger partial charge in [-0.2, -0.15) is 5.26 Å². The lowest BCUT2D eigenvalue weighted by Crippen LogP contribution is -2.01. The predicted molar refractivity (Wildman–Crippen MR) is 77.1 cm³/mol. The molecule has 5 heteroatoms. The number of hydrogen-bond acceptors (Lipinski definition) is 4. The molecule has 1 unspecified atom stereocenters. The first kappa shape index (κ1) is 15.2. The van der Waals surface area contributed by atoms with Crippen LogP contribution in [0, 0.1) is 25.2 Å². The molecule has 0 bridgehead atoms. The molecular weight excluding hydrogens is 264 g/mol. The predicted octanol–water partition coefficient (Wildman–Crippen LogP) is 3.17. The number of rotatable bonds is 6. The average Bonchev–Trinajstić information content (AvgIpc) is 2.33.